The van der Waals surface area contributed by atoms with Crippen LogP contribution in [0.1, 0.15) is 0 Å². The van der Waals surface area contributed by atoms with E-state index in [1.54, 1.807) is 0 Å². The molecule has 0 aliphatic carbocycles. The van der Waals surface area contributed by atoms with Gasteiger partial charge in [-0.05, 0) is 72.1 Å². The van der Waals surface area contributed by atoms with Gasteiger partial charge in [-0.3, -0.25) is 0 Å². The molecular formula is C38H26. The Morgan fingerprint density at radius 3 is 1.18 bits per heavy atom. The third-order valence-electron chi connectivity index (χ3n) is 7.47. The van der Waals surface area contributed by atoms with E-state index in [4.69, 9.17) is 0 Å². The molecule has 0 aliphatic heterocycles. The maximum Gasteiger partial charge on any atom is -0.00201 e. The molecule has 178 valence electrons. The van der Waals surface area contributed by atoms with Gasteiger partial charge in [-0.1, -0.05) is 152 Å². The first-order chi connectivity index (χ1) is 18.9. The Morgan fingerprint density at radius 1 is 0.237 bits per heavy atom. The molecule has 0 saturated carbocycles. The first-order valence-electron chi connectivity index (χ1n) is 13.1. The summed E-state index contributed by atoms with van der Waals surface area (Å²) in [5.41, 5.74) is 10.00. The highest BCUT2D eigenvalue weighted by Crippen LogP contribution is 2.46. The van der Waals surface area contributed by atoms with Crippen LogP contribution in [0.25, 0.3) is 66.1 Å². The molecule has 0 N–H and O–H groups in total. The highest BCUT2D eigenvalue weighted by molar-refractivity contribution is 6.22. The van der Waals surface area contributed by atoms with Crippen molar-refractivity contribution in [3.05, 3.63) is 158 Å². The summed E-state index contributed by atoms with van der Waals surface area (Å²) < 4.78 is 0. The van der Waals surface area contributed by atoms with Gasteiger partial charge in [0.15, 0.2) is 0 Å². The van der Waals surface area contributed by atoms with Gasteiger partial charge >= 0.3 is 0 Å². The molecule has 0 amide bonds. The molecular weight excluding hydrogens is 456 g/mol. The Morgan fingerprint density at radius 2 is 0.658 bits per heavy atom. The van der Waals surface area contributed by atoms with Crippen molar-refractivity contribution in [2.45, 2.75) is 0 Å². The number of rotatable bonds is 4. The molecule has 0 heteroatoms. The first-order valence-corrected chi connectivity index (χ1v) is 13.1. The average Bonchev–Trinajstić information content (AvgIpc) is 3.01. The van der Waals surface area contributed by atoms with Gasteiger partial charge in [0.2, 0.25) is 0 Å². The van der Waals surface area contributed by atoms with Crippen molar-refractivity contribution in [1.29, 1.82) is 0 Å². The van der Waals surface area contributed by atoms with Crippen LogP contribution in [0.5, 0.6) is 0 Å². The largest absolute Gasteiger partial charge is 0.0622 e. The molecule has 0 radical (unpaired) electrons. The van der Waals surface area contributed by atoms with E-state index in [1.165, 1.54) is 66.1 Å². The monoisotopic (exact) mass is 482 g/mol. The lowest BCUT2D eigenvalue weighted by Crippen LogP contribution is -1.93. The van der Waals surface area contributed by atoms with Crippen LogP contribution in [0.4, 0.5) is 0 Å². The molecule has 0 aliphatic rings. The van der Waals surface area contributed by atoms with Crippen molar-refractivity contribution in [3.8, 4) is 44.5 Å². The zero-order valence-electron chi connectivity index (χ0n) is 21.0. The van der Waals surface area contributed by atoms with E-state index in [9.17, 15) is 0 Å². The van der Waals surface area contributed by atoms with E-state index in [0.29, 0.717) is 0 Å². The predicted octanol–water partition coefficient (Wildman–Crippen LogP) is 10.7. The van der Waals surface area contributed by atoms with E-state index in [2.05, 4.69) is 158 Å². The van der Waals surface area contributed by atoms with Crippen LogP contribution in [-0.4, -0.2) is 0 Å². The standard InChI is InChI=1S/C38H26/c1-4-14-27(15-5-1)30-24-25-35(36(26-30)28-16-6-2-7-17-28)38-33-22-12-10-20-31(33)37(29-18-8-3-9-19-29)32-21-11-13-23-34(32)38/h1-26H. The third-order valence-corrected chi connectivity index (χ3v) is 7.47. The Kier molecular flexibility index (Phi) is 5.57. The SMILES string of the molecule is c1ccc(-c2ccc(-c3c4ccccc4c(-c4ccccc4)c4ccccc34)c(-c3ccccc3)c2)cc1. The second-order valence-corrected chi connectivity index (χ2v) is 9.70. The second kappa shape index (κ2) is 9.50. The lowest BCUT2D eigenvalue weighted by Gasteiger charge is -2.20. The highest BCUT2D eigenvalue weighted by Gasteiger charge is 2.19. The molecule has 7 aromatic rings. The molecule has 7 rings (SSSR count). The highest BCUT2D eigenvalue weighted by atomic mass is 14.2. The van der Waals surface area contributed by atoms with Gasteiger partial charge in [-0.25, -0.2) is 0 Å². The third kappa shape index (κ3) is 3.79. The molecule has 0 bridgehead atoms. The molecule has 0 spiro atoms. The molecule has 0 heterocycles. The Hall–Kier alpha value is -4.94. The first kappa shape index (κ1) is 22.3. The summed E-state index contributed by atoms with van der Waals surface area (Å²) in [5.74, 6) is 0. The number of hydrogen-bond acceptors (Lipinski definition) is 0. The lowest BCUT2D eigenvalue weighted by atomic mass is 9.83. The minimum atomic E-state index is 1.22. The fraction of sp³-hybridized carbons (Fsp3) is 0. The van der Waals surface area contributed by atoms with Crippen LogP contribution in [0, 0.1) is 0 Å². The quantitative estimate of drug-likeness (QED) is 0.219. The topological polar surface area (TPSA) is 0 Å². The predicted molar refractivity (Wildman–Crippen MR) is 163 cm³/mol. The van der Waals surface area contributed by atoms with Crippen molar-refractivity contribution < 1.29 is 0 Å². The number of hydrogen-bond donors (Lipinski definition) is 0. The van der Waals surface area contributed by atoms with Crippen LogP contribution < -0.4 is 0 Å². The van der Waals surface area contributed by atoms with E-state index in [0.717, 1.165) is 0 Å². The number of benzene rings is 7. The molecule has 0 saturated heterocycles. The smallest absolute Gasteiger partial charge is 0.00201 e. The molecule has 0 atom stereocenters. The summed E-state index contributed by atoms with van der Waals surface area (Å²) in [4.78, 5) is 0. The Balaban J connectivity index is 1.60. The van der Waals surface area contributed by atoms with Crippen molar-refractivity contribution in [3.63, 3.8) is 0 Å². The zero-order valence-corrected chi connectivity index (χ0v) is 21.0. The van der Waals surface area contributed by atoms with Crippen LogP contribution in [0.2, 0.25) is 0 Å². The van der Waals surface area contributed by atoms with Crippen molar-refractivity contribution >= 4 is 21.5 Å². The van der Waals surface area contributed by atoms with Crippen LogP contribution in [0.3, 0.4) is 0 Å². The maximum atomic E-state index is 2.36. The Labute approximate surface area is 223 Å². The molecule has 0 unspecified atom stereocenters. The van der Waals surface area contributed by atoms with Crippen LogP contribution in [0.15, 0.2) is 158 Å². The summed E-state index contributed by atoms with van der Waals surface area (Å²) in [6, 6.07) is 56.9. The molecule has 0 aromatic heterocycles. The van der Waals surface area contributed by atoms with E-state index in [-0.39, 0.29) is 0 Å². The van der Waals surface area contributed by atoms with E-state index < -0.39 is 0 Å². The summed E-state index contributed by atoms with van der Waals surface area (Å²) in [5, 5.41) is 5.10. The van der Waals surface area contributed by atoms with Gasteiger partial charge in [0, 0.05) is 0 Å². The average molecular weight is 483 g/mol. The summed E-state index contributed by atoms with van der Waals surface area (Å²) in [6.45, 7) is 0. The van der Waals surface area contributed by atoms with E-state index >= 15 is 0 Å². The second-order valence-electron chi connectivity index (χ2n) is 9.70. The molecule has 0 fully saturated rings. The Bertz CT molecular complexity index is 1830. The van der Waals surface area contributed by atoms with Gasteiger partial charge in [0.05, 0.1) is 0 Å². The van der Waals surface area contributed by atoms with Gasteiger partial charge < -0.3 is 0 Å². The molecule has 0 nitrogen and oxygen atoms in total. The molecule has 7 aromatic carbocycles. The molecule has 38 heavy (non-hydrogen) atoms. The van der Waals surface area contributed by atoms with Gasteiger partial charge in [-0.2, -0.15) is 0 Å². The van der Waals surface area contributed by atoms with Gasteiger partial charge in [0.25, 0.3) is 0 Å². The van der Waals surface area contributed by atoms with Gasteiger partial charge in [0.1, 0.15) is 0 Å². The zero-order chi connectivity index (χ0) is 25.3. The lowest BCUT2D eigenvalue weighted by molar-refractivity contribution is 1.58. The maximum absolute atomic E-state index is 2.36. The fourth-order valence-electron chi connectivity index (χ4n) is 5.76. The van der Waals surface area contributed by atoms with Gasteiger partial charge in [-0.15, -0.1) is 0 Å². The van der Waals surface area contributed by atoms with E-state index in [1.807, 2.05) is 0 Å². The summed E-state index contributed by atoms with van der Waals surface area (Å²) in [6.07, 6.45) is 0. The summed E-state index contributed by atoms with van der Waals surface area (Å²) in [7, 11) is 0. The minimum absolute atomic E-state index is 1.22. The van der Waals surface area contributed by atoms with Crippen molar-refractivity contribution in [1.82, 2.24) is 0 Å². The normalized spacial score (nSPS) is 11.2. The summed E-state index contributed by atoms with van der Waals surface area (Å²) >= 11 is 0. The number of fused-ring (bicyclic) bond motifs is 2. The van der Waals surface area contributed by atoms with Crippen molar-refractivity contribution in [2.24, 2.45) is 0 Å². The van der Waals surface area contributed by atoms with Crippen LogP contribution in [-0.2, 0) is 0 Å². The minimum Gasteiger partial charge on any atom is -0.0622 e. The fourth-order valence-corrected chi connectivity index (χ4v) is 5.76. The van der Waals surface area contributed by atoms with Crippen molar-refractivity contribution in [2.75, 3.05) is 0 Å². The van der Waals surface area contributed by atoms with Crippen LogP contribution >= 0.6 is 0 Å².